The first kappa shape index (κ1) is 9.04. The Morgan fingerprint density at radius 3 is 2.23 bits per heavy atom. The first-order valence-corrected chi connectivity index (χ1v) is 5.12. The van der Waals surface area contributed by atoms with Gasteiger partial charge in [0.15, 0.2) is 0 Å². The average molecular weight is 182 g/mol. The fourth-order valence-electron chi connectivity index (χ4n) is 3.58. The second-order valence-electron chi connectivity index (χ2n) is 5.50. The van der Waals surface area contributed by atoms with Crippen LogP contribution in [0.25, 0.3) is 0 Å². The molecule has 2 rings (SSSR count). The standard InChI is InChI=1S/C11H18O2/c1-10(2)7-4-5-11(10,3)8(6-7)9(12)13/h7-8H,4-6H2,1-3H3,(H,12,13)/t7-,8?,11+/m1/s1. The summed E-state index contributed by atoms with van der Waals surface area (Å²) in [4.78, 5) is 11.1. The summed E-state index contributed by atoms with van der Waals surface area (Å²) in [5.41, 5.74) is 0.277. The molecular weight excluding hydrogens is 164 g/mol. The van der Waals surface area contributed by atoms with Crippen LogP contribution in [0.4, 0.5) is 0 Å². The molecule has 74 valence electrons. The summed E-state index contributed by atoms with van der Waals surface area (Å²) in [6.07, 6.45) is 3.23. The molecule has 0 aromatic carbocycles. The summed E-state index contributed by atoms with van der Waals surface area (Å²) in [5, 5.41) is 9.13. The topological polar surface area (TPSA) is 37.3 Å². The molecule has 0 saturated heterocycles. The quantitative estimate of drug-likeness (QED) is 0.676. The van der Waals surface area contributed by atoms with Crippen molar-refractivity contribution in [3.63, 3.8) is 0 Å². The molecule has 2 saturated carbocycles. The number of hydrogen-bond acceptors (Lipinski definition) is 1. The van der Waals surface area contributed by atoms with Crippen LogP contribution in [0.1, 0.15) is 40.0 Å². The van der Waals surface area contributed by atoms with Crippen LogP contribution in [0.2, 0.25) is 0 Å². The minimum Gasteiger partial charge on any atom is -0.481 e. The van der Waals surface area contributed by atoms with E-state index in [2.05, 4.69) is 20.8 Å². The van der Waals surface area contributed by atoms with Crippen molar-refractivity contribution in [1.29, 1.82) is 0 Å². The molecule has 2 heteroatoms. The molecule has 0 amide bonds. The van der Waals surface area contributed by atoms with Gasteiger partial charge in [0.05, 0.1) is 5.92 Å². The fourth-order valence-corrected chi connectivity index (χ4v) is 3.58. The molecule has 0 aromatic rings. The number of hydrogen-bond donors (Lipinski definition) is 1. The van der Waals surface area contributed by atoms with Gasteiger partial charge in [-0.05, 0) is 36.0 Å². The average Bonchev–Trinajstić information content (AvgIpc) is 2.34. The summed E-state index contributed by atoms with van der Waals surface area (Å²) in [6, 6.07) is 0. The van der Waals surface area contributed by atoms with Crippen LogP contribution in [-0.2, 0) is 4.79 Å². The van der Waals surface area contributed by atoms with Gasteiger partial charge in [0.25, 0.3) is 0 Å². The highest BCUT2D eigenvalue weighted by Gasteiger charge is 2.63. The normalized spacial score (nSPS) is 46.7. The highest BCUT2D eigenvalue weighted by molar-refractivity contribution is 5.72. The molecule has 0 spiro atoms. The van der Waals surface area contributed by atoms with Crippen LogP contribution in [0.5, 0.6) is 0 Å². The molecule has 2 bridgehead atoms. The lowest BCUT2D eigenvalue weighted by atomic mass is 9.67. The van der Waals surface area contributed by atoms with Gasteiger partial charge in [-0.1, -0.05) is 20.8 Å². The zero-order valence-corrected chi connectivity index (χ0v) is 8.63. The van der Waals surface area contributed by atoms with Gasteiger partial charge in [-0.3, -0.25) is 4.79 Å². The fraction of sp³-hybridized carbons (Fsp3) is 0.909. The van der Waals surface area contributed by atoms with Crippen molar-refractivity contribution in [1.82, 2.24) is 0 Å². The van der Waals surface area contributed by atoms with Crippen molar-refractivity contribution in [2.45, 2.75) is 40.0 Å². The minimum absolute atomic E-state index is 0.0451. The van der Waals surface area contributed by atoms with E-state index in [0.29, 0.717) is 5.92 Å². The van der Waals surface area contributed by atoms with Crippen LogP contribution in [0, 0.1) is 22.7 Å². The van der Waals surface area contributed by atoms with Gasteiger partial charge in [-0.2, -0.15) is 0 Å². The lowest BCUT2D eigenvalue weighted by Gasteiger charge is -2.37. The molecular formula is C11H18O2. The molecule has 2 nitrogen and oxygen atoms in total. The van der Waals surface area contributed by atoms with E-state index in [4.69, 9.17) is 5.11 Å². The highest BCUT2D eigenvalue weighted by atomic mass is 16.4. The van der Waals surface area contributed by atoms with E-state index in [0.717, 1.165) is 12.8 Å². The number of carboxylic acids is 1. The number of carboxylic acid groups (broad SMARTS) is 1. The van der Waals surface area contributed by atoms with E-state index < -0.39 is 5.97 Å². The Hall–Kier alpha value is -0.530. The number of fused-ring (bicyclic) bond motifs is 2. The SMILES string of the molecule is CC1(C)[C@@H]2CC[C@@]1(C)C(C(=O)O)C2. The Morgan fingerprint density at radius 2 is 2.00 bits per heavy atom. The van der Waals surface area contributed by atoms with E-state index in [1.54, 1.807) is 0 Å². The summed E-state index contributed by atoms with van der Waals surface area (Å²) >= 11 is 0. The van der Waals surface area contributed by atoms with E-state index in [1.807, 2.05) is 0 Å². The zero-order chi connectivity index (χ0) is 9.85. The van der Waals surface area contributed by atoms with Crippen molar-refractivity contribution >= 4 is 5.97 Å². The third-order valence-corrected chi connectivity index (χ3v) is 5.09. The van der Waals surface area contributed by atoms with Crippen LogP contribution in [0.15, 0.2) is 0 Å². The molecule has 0 radical (unpaired) electrons. The lowest BCUT2D eigenvalue weighted by molar-refractivity contribution is -0.147. The van der Waals surface area contributed by atoms with Gasteiger partial charge >= 0.3 is 5.97 Å². The Balaban J connectivity index is 2.38. The summed E-state index contributed by atoms with van der Waals surface area (Å²) in [5.74, 6) is -0.0439. The predicted octanol–water partition coefficient (Wildman–Crippen LogP) is 2.53. The minimum atomic E-state index is -0.585. The van der Waals surface area contributed by atoms with Crippen LogP contribution in [-0.4, -0.2) is 11.1 Å². The van der Waals surface area contributed by atoms with Crippen molar-refractivity contribution in [3.05, 3.63) is 0 Å². The molecule has 2 aliphatic rings. The number of carbonyl (C=O) groups is 1. The van der Waals surface area contributed by atoms with Gasteiger partial charge in [0.1, 0.15) is 0 Å². The van der Waals surface area contributed by atoms with Crippen molar-refractivity contribution < 1.29 is 9.90 Å². The van der Waals surface area contributed by atoms with Crippen molar-refractivity contribution in [3.8, 4) is 0 Å². The Kier molecular flexibility index (Phi) is 1.59. The molecule has 0 aliphatic heterocycles. The van der Waals surface area contributed by atoms with Gasteiger partial charge in [0, 0.05) is 0 Å². The summed E-state index contributed by atoms with van der Waals surface area (Å²) in [6.45, 7) is 6.65. The maximum atomic E-state index is 11.1. The molecule has 2 fully saturated rings. The first-order chi connectivity index (χ1) is 5.89. The molecule has 1 unspecified atom stereocenters. The molecule has 0 aromatic heterocycles. The van der Waals surface area contributed by atoms with Crippen LogP contribution >= 0.6 is 0 Å². The predicted molar refractivity (Wildman–Crippen MR) is 50.4 cm³/mol. The zero-order valence-electron chi connectivity index (χ0n) is 8.63. The smallest absolute Gasteiger partial charge is 0.307 e. The first-order valence-electron chi connectivity index (χ1n) is 5.12. The largest absolute Gasteiger partial charge is 0.481 e. The van der Waals surface area contributed by atoms with Gasteiger partial charge in [0.2, 0.25) is 0 Å². The second-order valence-corrected chi connectivity index (χ2v) is 5.50. The van der Waals surface area contributed by atoms with Crippen LogP contribution in [0.3, 0.4) is 0 Å². The third-order valence-electron chi connectivity index (χ3n) is 5.09. The van der Waals surface area contributed by atoms with Crippen molar-refractivity contribution in [2.75, 3.05) is 0 Å². The van der Waals surface area contributed by atoms with Gasteiger partial charge in [-0.15, -0.1) is 0 Å². The molecule has 2 aliphatic carbocycles. The molecule has 3 atom stereocenters. The van der Waals surface area contributed by atoms with Crippen molar-refractivity contribution in [2.24, 2.45) is 22.7 Å². The number of aliphatic carboxylic acids is 1. The third kappa shape index (κ3) is 0.866. The highest BCUT2D eigenvalue weighted by Crippen LogP contribution is 2.68. The van der Waals surface area contributed by atoms with Gasteiger partial charge in [-0.25, -0.2) is 0 Å². The van der Waals surface area contributed by atoms with Crippen LogP contribution < -0.4 is 0 Å². The van der Waals surface area contributed by atoms with E-state index in [9.17, 15) is 4.79 Å². The Labute approximate surface area is 79.3 Å². The molecule has 13 heavy (non-hydrogen) atoms. The summed E-state index contributed by atoms with van der Waals surface area (Å²) in [7, 11) is 0. The van der Waals surface area contributed by atoms with E-state index in [1.165, 1.54) is 6.42 Å². The maximum Gasteiger partial charge on any atom is 0.307 e. The van der Waals surface area contributed by atoms with E-state index >= 15 is 0 Å². The molecule has 1 N–H and O–H groups in total. The maximum absolute atomic E-state index is 11.1. The second kappa shape index (κ2) is 2.28. The number of rotatable bonds is 1. The summed E-state index contributed by atoms with van der Waals surface area (Å²) < 4.78 is 0. The Bertz CT molecular complexity index is 257. The lowest BCUT2D eigenvalue weighted by Crippen LogP contribution is -2.36. The van der Waals surface area contributed by atoms with Gasteiger partial charge < -0.3 is 5.11 Å². The van der Waals surface area contributed by atoms with E-state index in [-0.39, 0.29) is 16.7 Å². The monoisotopic (exact) mass is 182 g/mol. The Morgan fingerprint density at radius 1 is 1.38 bits per heavy atom. The molecule has 0 heterocycles.